The Morgan fingerprint density at radius 3 is 2.47 bits per heavy atom. The molecule has 1 atom stereocenters. The van der Waals surface area contributed by atoms with Gasteiger partial charge in [0.15, 0.2) is 0 Å². The summed E-state index contributed by atoms with van der Waals surface area (Å²) < 4.78 is 0. The summed E-state index contributed by atoms with van der Waals surface area (Å²) in [4.78, 5) is 11.9. The molecule has 0 saturated heterocycles. The molecule has 1 N–H and O–H groups in total. The zero-order chi connectivity index (χ0) is 12.9. The Labute approximate surface area is 102 Å². The summed E-state index contributed by atoms with van der Waals surface area (Å²) >= 11 is 0. The van der Waals surface area contributed by atoms with Crippen LogP contribution >= 0.6 is 0 Å². The number of carbonyl (C=O) groups is 1. The molecule has 0 spiro atoms. The molecular formula is C14H18N2O. The molecule has 0 aromatic heterocycles. The predicted octanol–water partition coefficient (Wildman–Crippen LogP) is 2.80. The van der Waals surface area contributed by atoms with Gasteiger partial charge in [0.05, 0.1) is 12.1 Å². The van der Waals surface area contributed by atoms with Gasteiger partial charge < -0.3 is 5.32 Å². The molecule has 0 aliphatic carbocycles. The molecule has 1 amide bonds. The highest BCUT2D eigenvalue weighted by molar-refractivity contribution is 5.84. The van der Waals surface area contributed by atoms with Crippen molar-refractivity contribution in [1.82, 2.24) is 5.32 Å². The number of carbonyl (C=O) groups excluding carboxylic acids is 1. The van der Waals surface area contributed by atoms with E-state index in [2.05, 4.69) is 5.32 Å². The highest BCUT2D eigenvalue weighted by atomic mass is 16.2. The molecule has 1 rings (SSSR count). The second-order valence-electron chi connectivity index (χ2n) is 4.58. The summed E-state index contributed by atoms with van der Waals surface area (Å²) in [6.07, 6.45) is 0.803. The Kier molecular flexibility index (Phi) is 4.28. The molecule has 0 aliphatic heterocycles. The van der Waals surface area contributed by atoms with Gasteiger partial charge in [0.1, 0.15) is 5.41 Å². The van der Waals surface area contributed by atoms with Crippen LogP contribution in [0.5, 0.6) is 0 Å². The van der Waals surface area contributed by atoms with E-state index in [-0.39, 0.29) is 11.9 Å². The van der Waals surface area contributed by atoms with Gasteiger partial charge in [-0.15, -0.1) is 0 Å². The Bertz CT molecular complexity index is 418. The van der Waals surface area contributed by atoms with Crippen LogP contribution in [0, 0.1) is 16.7 Å². The van der Waals surface area contributed by atoms with Crippen LogP contribution in [0.25, 0.3) is 0 Å². The number of hydrogen-bond acceptors (Lipinski definition) is 2. The van der Waals surface area contributed by atoms with E-state index in [1.165, 1.54) is 0 Å². The highest BCUT2D eigenvalue weighted by Gasteiger charge is 2.28. The number of hydrogen-bond donors (Lipinski definition) is 1. The summed E-state index contributed by atoms with van der Waals surface area (Å²) in [6, 6.07) is 11.8. The van der Waals surface area contributed by atoms with E-state index < -0.39 is 5.41 Å². The number of nitriles is 1. The Hall–Kier alpha value is -1.82. The molecule has 0 bridgehead atoms. The first kappa shape index (κ1) is 13.2. The normalized spacial score (nSPS) is 12.6. The molecule has 1 aromatic carbocycles. The first-order valence-corrected chi connectivity index (χ1v) is 5.78. The zero-order valence-corrected chi connectivity index (χ0v) is 10.5. The van der Waals surface area contributed by atoms with Crippen molar-refractivity contribution in [2.75, 3.05) is 0 Å². The molecule has 0 saturated carbocycles. The minimum absolute atomic E-state index is 0.0312. The molecule has 3 nitrogen and oxygen atoms in total. The molecule has 17 heavy (non-hydrogen) atoms. The second kappa shape index (κ2) is 5.49. The van der Waals surface area contributed by atoms with E-state index in [0.717, 1.165) is 12.0 Å². The third-order valence-electron chi connectivity index (χ3n) is 2.76. The van der Waals surface area contributed by atoms with Gasteiger partial charge >= 0.3 is 0 Å². The van der Waals surface area contributed by atoms with E-state index in [1.54, 1.807) is 13.8 Å². The lowest BCUT2D eigenvalue weighted by atomic mass is 9.93. The number of benzene rings is 1. The molecule has 0 radical (unpaired) electrons. The van der Waals surface area contributed by atoms with Crippen molar-refractivity contribution < 1.29 is 4.79 Å². The third kappa shape index (κ3) is 3.32. The van der Waals surface area contributed by atoms with E-state index in [9.17, 15) is 4.79 Å². The quantitative estimate of drug-likeness (QED) is 0.864. The molecule has 3 heteroatoms. The molecule has 0 heterocycles. The lowest BCUT2D eigenvalue weighted by Crippen LogP contribution is -2.38. The molecule has 0 unspecified atom stereocenters. The van der Waals surface area contributed by atoms with Crippen LogP contribution in [-0.4, -0.2) is 5.91 Å². The van der Waals surface area contributed by atoms with Crippen LogP contribution in [0.2, 0.25) is 0 Å². The lowest BCUT2D eigenvalue weighted by molar-refractivity contribution is -0.127. The van der Waals surface area contributed by atoms with Crippen LogP contribution in [0.3, 0.4) is 0 Å². The van der Waals surface area contributed by atoms with Crippen LogP contribution in [0.4, 0.5) is 0 Å². The van der Waals surface area contributed by atoms with Crippen molar-refractivity contribution in [2.24, 2.45) is 5.41 Å². The molecule has 0 aliphatic rings. The van der Waals surface area contributed by atoms with E-state index in [4.69, 9.17) is 5.26 Å². The SMILES string of the molecule is CC[C@@H](NC(=O)C(C)(C)C#N)c1ccccc1. The van der Waals surface area contributed by atoms with Crippen molar-refractivity contribution in [3.8, 4) is 6.07 Å². The van der Waals surface area contributed by atoms with Gasteiger partial charge in [-0.1, -0.05) is 37.3 Å². The smallest absolute Gasteiger partial charge is 0.240 e. The largest absolute Gasteiger partial charge is 0.348 e. The summed E-state index contributed by atoms with van der Waals surface area (Å²) in [5.41, 5.74) is 0.0828. The Balaban J connectivity index is 2.80. The van der Waals surface area contributed by atoms with Gasteiger partial charge in [-0.2, -0.15) is 5.26 Å². The van der Waals surface area contributed by atoms with Crippen LogP contribution < -0.4 is 5.32 Å². The predicted molar refractivity (Wildman–Crippen MR) is 67.0 cm³/mol. The number of amides is 1. The lowest BCUT2D eigenvalue weighted by Gasteiger charge is -2.22. The van der Waals surface area contributed by atoms with Crippen molar-refractivity contribution in [3.63, 3.8) is 0 Å². The van der Waals surface area contributed by atoms with Crippen LogP contribution in [-0.2, 0) is 4.79 Å². The van der Waals surface area contributed by atoms with Crippen molar-refractivity contribution >= 4 is 5.91 Å². The average molecular weight is 230 g/mol. The summed E-state index contributed by atoms with van der Waals surface area (Å²) in [6.45, 7) is 5.26. The fourth-order valence-electron chi connectivity index (χ4n) is 1.50. The first-order valence-electron chi connectivity index (χ1n) is 5.78. The van der Waals surface area contributed by atoms with Crippen LogP contribution in [0.1, 0.15) is 38.8 Å². The van der Waals surface area contributed by atoms with Crippen LogP contribution in [0.15, 0.2) is 30.3 Å². The van der Waals surface area contributed by atoms with E-state index in [1.807, 2.05) is 43.3 Å². The monoisotopic (exact) mass is 230 g/mol. The Morgan fingerprint density at radius 1 is 1.41 bits per heavy atom. The Morgan fingerprint density at radius 2 is 2.00 bits per heavy atom. The zero-order valence-electron chi connectivity index (χ0n) is 10.5. The van der Waals surface area contributed by atoms with Gasteiger partial charge in [0.2, 0.25) is 5.91 Å². The maximum absolute atomic E-state index is 11.9. The molecule has 0 fully saturated rings. The minimum Gasteiger partial charge on any atom is -0.348 e. The maximum Gasteiger partial charge on any atom is 0.240 e. The number of rotatable bonds is 4. The van der Waals surface area contributed by atoms with Crippen molar-refractivity contribution in [1.29, 1.82) is 5.26 Å². The van der Waals surface area contributed by atoms with Crippen molar-refractivity contribution in [2.45, 2.75) is 33.2 Å². The van der Waals surface area contributed by atoms with Gasteiger partial charge in [0, 0.05) is 0 Å². The summed E-state index contributed by atoms with van der Waals surface area (Å²) in [7, 11) is 0. The van der Waals surface area contributed by atoms with E-state index >= 15 is 0 Å². The fraction of sp³-hybridized carbons (Fsp3) is 0.429. The van der Waals surface area contributed by atoms with Gasteiger partial charge in [-0.3, -0.25) is 4.79 Å². The summed E-state index contributed by atoms with van der Waals surface area (Å²) in [5, 5.41) is 11.8. The van der Waals surface area contributed by atoms with E-state index in [0.29, 0.717) is 0 Å². The van der Waals surface area contributed by atoms with Gasteiger partial charge in [0.25, 0.3) is 0 Å². The van der Waals surface area contributed by atoms with Crippen molar-refractivity contribution in [3.05, 3.63) is 35.9 Å². The molecule has 1 aromatic rings. The average Bonchev–Trinajstić information content (AvgIpc) is 2.36. The highest BCUT2D eigenvalue weighted by Crippen LogP contribution is 2.20. The topological polar surface area (TPSA) is 52.9 Å². The molecule has 90 valence electrons. The van der Waals surface area contributed by atoms with Gasteiger partial charge in [-0.05, 0) is 25.8 Å². The molecular weight excluding hydrogens is 212 g/mol. The summed E-state index contributed by atoms with van der Waals surface area (Å²) in [5.74, 6) is -0.226. The number of nitrogens with one attached hydrogen (secondary N) is 1. The fourth-order valence-corrected chi connectivity index (χ4v) is 1.50. The minimum atomic E-state index is -0.984. The van der Waals surface area contributed by atoms with Gasteiger partial charge in [-0.25, -0.2) is 0 Å². The second-order valence-corrected chi connectivity index (χ2v) is 4.58. The number of nitrogens with zero attached hydrogens (tertiary/aromatic N) is 1. The third-order valence-corrected chi connectivity index (χ3v) is 2.76. The standard InChI is InChI=1S/C14H18N2O/c1-4-12(11-8-6-5-7-9-11)16-13(17)14(2,3)10-15/h5-9,12H,4H2,1-3H3,(H,16,17)/t12-/m1/s1. The maximum atomic E-state index is 11.9. The first-order chi connectivity index (χ1) is 8.01.